The van der Waals surface area contributed by atoms with Crippen molar-refractivity contribution in [1.29, 1.82) is 0 Å². The molecule has 0 aliphatic carbocycles. The lowest BCUT2D eigenvalue weighted by Gasteiger charge is -2.25. The molecule has 14 nitrogen and oxygen atoms in total. The van der Waals surface area contributed by atoms with Gasteiger partial charge in [-0.2, -0.15) is 5.10 Å². The summed E-state index contributed by atoms with van der Waals surface area (Å²) in [7, 11) is 1.60. The Morgan fingerprint density at radius 1 is 0.902 bits per heavy atom. The summed E-state index contributed by atoms with van der Waals surface area (Å²) in [5.41, 5.74) is 1.81. The van der Waals surface area contributed by atoms with E-state index >= 15 is 0 Å². The van der Waals surface area contributed by atoms with E-state index in [1.54, 1.807) is 14.0 Å². The second-order valence-electron chi connectivity index (χ2n) is 13.2. The van der Waals surface area contributed by atoms with Gasteiger partial charge in [0.05, 0.1) is 19.7 Å². The molecule has 0 saturated carbocycles. The van der Waals surface area contributed by atoms with E-state index in [1.165, 1.54) is 16.5 Å². The van der Waals surface area contributed by atoms with E-state index < -0.39 is 35.8 Å². The highest BCUT2D eigenvalue weighted by Crippen LogP contribution is 2.20. The summed E-state index contributed by atoms with van der Waals surface area (Å²) in [5, 5.41) is 15.9. The Morgan fingerprint density at radius 3 is 2.31 bits per heavy atom. The third-order valence-electron chi connectivity index (χ3n) is 8.51. The van der Waals surface area contributed by atoms with Crippen LogP contribution in [0, 0.1) is 5.92 Å². The van der Waals surface area contributed by atoms with Crippen LogP contribution < -0.4 is 26.0 Å². The van der Waals surface area contributed by atoms with Gasteiger partial charge in [-0.25, -0.2) is 9.67 Å². The first-order valence-electron chi connectivity index (χ1n) is 17.5. The quantitative estimate of drug-likeness (QED) is 0.277. The van der Waals surface area contributed by atoms with Crippen molar-refractivity contribution in [3.8, 4) is 17.1 Å². The molecule has 14 heteroatoms. The van der Waals surface area contributed by atoms with Crippen LogP contribution in [0.25, 0.3) is 11.4 Å². The van der Waals surface area contributed by atoms with E-state index in [9.17, 15) is 24.0 Å². The number of aryl methyl sites for hydroxylation is 1. The molecule has 51 heavy (non-hydrogen) atoms. The molecule has 4 N–H and O–H groups in total. The van der Waals surface area contributed by atoms with Gasteiger partial charge in [-0.15, -0.1) is 0 Å². The van der Waals surface area contributed by atoms with Crippen LogP contribution in [0.1, 0.15) is 70.8 Å². The number of carbonyl (C=O) groups excluding carboxylic acids is 5. The first-order valence-corrected chi connectivity index (χ1v) is 17.5. The normalized spacial score (nSPS) is 19.8. The topological polar surface area (TPSA) is 177 Å². The average molecular weight is 703 g/mol. The highest BCUT2D eigenvalue weighted by molar-refractivity contribution is 5.93. The van der Waals surface area contributed by atoms with Crippen LogP contribution in [-0.2, 0) is 36.9 Å². The number of hydrogen-bond donors (Lipinski definition) is 4. The lowest BCUT2D eigenvalue weighted by atomic mass is 10.0. The van der Waals surface area contributed by atoms with Gasteiger partial charge >= 0.3 is 0 Å². The van der Waals surface area contributed by atoms with Gasteiger partial charge < -0.3 is 30.9 Å². The SMILES string of the molecule is COc1ccc(CCCC(=O)N2CCCNC(=O)Cn3nc(-c4ccccc4)nc3[C@H](C)NC(=O)[C@@H](CC(C)C)NC(=O)[C@@H](C)NC(=O)C2)cc1. The summed E-state index contributed by atoms with van der Waals surface area (Å²) < 4.78 is 6.68. The number of benzene rings is 2. The zero-order valence-corrected chi connectivity index (χ0v) is 30.1. The lowest BCUT2D eigenvalue weighted by Crippen LogP contribution is -2.54. The minimum absolute atomic E-state index is 0.0594. The fraction of sp³-hybridized carbons (Fsp3) is 0.486. The summed E-state index contributed by atoms with van der Waals surface area (Å²) in [6, 6.07) is 14.4. The second kappa shape index (κ2) is 18.6. The van der Waals surface area contributed by atoms with Crippen molar-refractivity contribution in [3.63, 3.8) is 0 Å². The molecule has 3 atom stereocenters. The summed E-state index contributed by atoms with van der Waals surface area (Å²) in [6.45, 7) is 7.20. The summed E-state index contributed by atoms with van der Waals surface area (Å²) >= 11 is 0. The van der Waals surface area contributed by atoms with Gasteiger partial charge in [-0.05, 0) is 63.1 Å². The third-order valence-corrected chi connectivity index (χ3v) is 8.51. The molecule has 1 aliphatic rings. The molecule has 2 heterocycles. The molecule has 1 aromatic heterocycles. The van der Waals surface area contributed by atoms with E-state index in [0.29, 0.717) is 37.3 Å². The predicted octanol–water partition coefficient (Wildman–Crippen LogP) is 2.54. The first kappa shape index (κ1) is 38.5. The maximum Gasteiger partial charge on any atom is 0.243 e. The van der Waals surface area contributed by atoms with Crippen LogP contribution in [0.4, 0.5) is 0 Å². The Bertz CT molecular complexity index is 1640. The Morgan fingerprint density at radius 2 is 1.63 bits per heavy atom. The minimum atomic E-state index is -0.970. The van der Waals surface area contributed by atoms with Crippen molar-refractivity contribution in [1.82, 2.24) is 40.9 Å². The van der Waals surface area contributed by atoms with E-state index in [2.05, 4.69) is 31.3 Å². The number of fused-ring (bicyclic) bond motifs is 1. The van der Waals surface area contributed by atoms with Crippen LogP contribution in [0.15, 0.2) is 54.6 Å². The molecule has 0 fully saturated rings. The van der Waals surface area contributed by atoms with E-state index in [4.69, 9.17) is 4.74 Å². The molecular weight excluding hydrogens is 652 g/mol. The molecule has 0 radical (unpaired) electrons. The zero-order valence-electron chi connectivity index (χ0n) is 30.1. The monoisotopic (exact) mass is 702 g/mol. The standard InChI is InChI=1S/C37H50N8O6/c1-24(2)21-30-37(50)40-25(3)35-42-34(28-12-7-6-8-13-28)43-45(35)23-31(46)38-19-10-20-44(22-32(47)39-26(4)36(49)41-30)33(48)14-9-11-27-15-17-29(51-5)18-16-27/h6-8,12-13,15-18,24-26,30H,9-11,14,19-23H2,1-5H3,(H,38,46)(H,39,47)(H,40,50)(H,41,49)/t25-,26+,30+/m0/s1. The van der Waals surface area contributed by atoms with Gasteiger partial charge in [0.2, 0.25) is 29.5 Å². The Kier molecular flexibility index (Phi) is 14.1. The van der Waals surface area contributed by atoms with Crippen molar-refractivity contribution >= 4 is 29.5 Å². The first-order chi connectivity index (χ1) is 24.4. The molecule has 0 spiro atoms. The van der Waals surface area contributed by atoms with Crippen molar-refractivity contribution in [2.45, 2.75) is 84.5 Å². The zero-order chi connectivity index (χ0) is 36.9. The highest BCUT2D eigenvalue weighted by atomic mass is 16.5. The van der Waals surface area contributed by atoms with Crippen LogP contribution in [0.3, 0.4) is 0 Å². The number of amides is 5. The summed E-state index contributed by atoms with van der Waals surface area (Å²) in [5.74, 6) is -0.430. The number of carbonyl (C=O) groups is 5. The largest absolute Gasteiger partial charge is 0.497 e. The van der Waals surface area contributed by atoms with Gasteiger partial charge in [0.1, 0.15) is 30.2 Å². The molecule has 0 bridgehead atoms. The van der Waals surface area contributed by atoms with Crippen LogP contribution in [0.2, 0.25) is 0 Å². The fourth-order valence-corrected chi connectivity index (χ4v) is 5.78. The molecule has 3 aromatic rings. The van der Waals surface area contributed by atoms with Gasteiger partial charge in [-0.1, -0.05) is 56.3 Å². The molecule has 4 rings (SSSR count). The maximum absolute atomic E-state index is 13.6. The molecule has 5 amide bonds. The number of ether oxygens (including phenoxy) is 1. The molecular formula is C37H50N8O6. The molecule has 0 saturated heterocycles. The van der Waals surface area contributed by atoms with Crippen molar-refractivity contribution in [2.24, 2.45) is 5.92 Å². The van der Waals surface area contributed by atoms with E-state index in [1.807, 2.05) is 68.4 Å². The summed E-state index contributed by atoms with van der Waals surface area (Å²) in [4.78, 5) is 72.7. The smallest absolute Gasteiger partial charge is 0.243 e. The maximum atomic E-state index is 13.6. The van der Waals surface area contributed by atoms with Gasteiger partial charge in [0.25, 0.3) is 0 Å². The molecule has 1 aliphatic heterocycles. The van der Waals surface area contributed by atoms with Crippen LogP contribution >= 0.6 is 0 Å². The molecule has 0 unspecified atom stereocenters. The second-order valence-corrected chi connectivity index (χ2v) is 13.2. The number of hydrogen-bond acceptors (Lipinski definition) is 8. The number of nitrogens with one attached hydrogen (secondary N) is 4. The van der Waals surface area contributed by atoms with E-state index in [-0.39, 0.29) is 50.3 Å². The summed E-state index contributed by atoms with van der Waals surface area (Å²) in [6.07, 6.45) is 2.19. The molecule has 274 valence electrons. The van der Waals surface area contributed by atoms with Crippen molar-refractivity contribution < 1.29 is 28.7 Å². The number of rotatable bonds is 8. The predicted molar refractivity (Wildman–Crippen MR) is 191 cm³/mol. The van der Waals surface area contributed by atoms with Crippen LogP contribution in [-0.4, -0.2) is 88.0 Å². The lowest BCUT2D eigenvalue weighted by molar-refractivity contribution is -0.137. The number of methoxy groups -OCH3 is 1. The number of nitrogens with zero attached hydrogens (tertiary/aromatic N) is 4. The van der Waals surface area contributed by atoms with Crippen molar-refractivity contribution in [3.05, 3.63) is 66.0 Å². The average Bonchev–Trinajstić information content (AvgIpc) is 3.53. The minimum Gasteiger partial charge on any atom is -0.497 e. The van der Waals surface area contributed by atoms with Gasteiger partial charge in [0, 0.05) is 25.1 Å². The number of aromatic nitrogens is 3. The fourth-order valence-electron chi connectivity index (χ4n) is 5.78. The van der Waals surface area contributed by atoms with Crippen molar-refractivity contribution in [2.75, 3.05) is 26.7 Å². The Balaban J connectivity index is 1.53. The van der Waals surface area contributed by atoms with Crippen LogP contribution in [0.5, 0.6) is 5.75 Å². The Hall–Kier alpha value is -5.27. The van der Waals surface area contributed by atoms with Gasteiger partial charge in [0.15, 0.2) is 5.82 Å². The Labute approximate surface area is 299 Å². The third kappa shape index (κ3) is 11.6. The highest BCUT2D eigenvalue weighted by Gasteiger charge is 2.29. The van der Waals surface area contributed by atoms with E-state index in [0.717, 1.165) is 16.9 Å². The molecule has 2 aromatic carbocycles. The van der Waals surface area contributed by atoms with Gasteiger partial charge in [-0.3, -0.25) is 24.0 Å².